The van der Waals surface area contributed by atoms with Gasteiger partial charge < -0.3 is 14.8 Å². The van der Waals surface area contributed by atoms with E-state index in [2.05, 4.69) is 46.1 Å². The lowest BCUT2D eigenvalue weighted by Crippen LogP contribution is -2.52. The lowest BCUT2D eigenvalue weighted by molar-refractivity contribution is -0.134. The van der Waals surface area contributed by atoms with E-state index in [-0.39, 0.29) is 0 Å². The highest BCUT2D eigenvalue weighted by Crippen LogP contribution is 2.42. The molecule has 200 valence electrons. The number of nitrogens with zero attached hydrogens (tertiary/aromatic N) is 2. The normalized spacial score (nSPS) is 14.7. The van der Waals surface area contributed by atoms with Gasteiger partial charge >= 0.3 is 12.1 Å². The summed E-state index contributed by atoms with van der Waals surface area (Å²) in [5.74, 6) is -0.408. The second-order valence-electron chi connectivity index (χ2n) is 10.9. The number of hydrogen-bond donors (Lipinski definition) is 1. The van der Waals surface area contributed by atoms with Gasteiger partial charge in [-0.15, -0.1) is 0 Å². The Morgan fingerprint density at radius 2 is 1.72 bits per heavy atom. The van der Waals surface area contributed by atoms with Crippen LogP contribution in [0.4, 0.5) is 4.79 Å². The molecule has 2 heterocycles. The van der Waals surface area contributed by atoms with Gasteiger partial charge in [0, 0.05) is 23.4 Å². The maximum atomic E-state index is 12.6. The van der Waals surface area contributed by atoms with Gasteiger partial charge in [0.2, 0.25) is 0 Å². The van der Waals surface area contributed by atoms with Crippen molar-refractivity contribution in [3.05, 3.63) is 90.1 Å². The molecular weight excluding hydrogens is 490 g/mol. The average Bonchev–Trinajstić information content (AvgIpc) is 3.28. The van der Waals surface area contributed by atoms with Gasteiger partial charge in [0.1, 0.15) is 11.2 Å². The van der Waals surface area contributed by atoms with E-state index in [0.29, 0.717) is 0 Å². The van der Waals surface area contributed by atoms with E-state index in [1.165, 1.54) is 13.2 Å². The summed E-state index contributed by atoms with van der Waals surface area (Å²) in [6.07, 6.45) is 7.48. The number of alkyl carbamates (subject to hydrolysis) is 1. The molecule has 7 nitrogen and oxygen atoms in total. The van der Waals surface area contributed by atoms with E-state index < -0.39 is 23.2 Å². The van der Waals surface area contributed by atoms with Crippen LogP contribution in [-0.4, -0.2) is 34.2 Å². The van der Waals surface area contributed by atoms with Crippen molar-refractivity contribution in [2.75, 3.05) is 7.11 Å². The third kappa shape index (κ3) is 5.58. The molecule has 0 radical (unpaired) electrons. The number of aromatic nitrogens is 2. The van der Waals surface area contributed by atoms with Crippen molar-refractivity contribution >= 4 is 23.8 Å². The average molecular weight is 524 g/mol. The predicted octanol–water partition coefficient (Wildman–Crippen LogP) is 6.76. The minimum Gasteiger partial charge on any atom is -0.466 e. The number of ether oxygens (including phenoxy) is 2. The highest BCUT2D eigenvalue weighted by molar-refractivity contribution is 5.87. The zero-order valence-corrected chi connectivity index (χ0v) is 22.7. The van der Waals surface area contributed by atoms with Gasteiger partial charge in [0.05, 0.1) is 24.0 Å². The maximum absolute atomic E-state index is 12.6. The number of benzene rings is 2. The summed E-state index contributed by atoms with van der Waals surface area (Å²) in [5.41, 5.74) is 5.55. The molecule has 1 fully saturated rings. The standard InChI is InChI=1S/C32H33N3O4/c1-31(2,3)39-30(37)34-32(18-8-19-32)25-14-12-23(13-15-25)28-29(24-9-6-5-7-10-24)35-20-17-22(21-26(35)33-28)11-16-27(36)38-4/h5-7,9-17,20-21H,8,18-19H2,1-4H3,(H,34,37). The Kier molecular flexibility index (Phi) is 7.00. The second-order valence-corrected chi connectivity index (χ2v) is 10.9. The molecular formula is C32H33N3O4. The number of rotatable bonds is 6. The maximum Gasteiger partial charge on any atom is 0.408 e. The first-order valence-corrected chi connectivity index (χ1v) is 13.1. The highest BCUT2D eigenvalue weighted by atomic mass is 16.6. The largest absolute Gasteiger partial charge is 0.466 e. The number of carbonyl (C=O) groups excluding carboxylic acids is 2. The van der Waals surface area contributed by atoms with Crippen LogP contribution < -0.4 is 5.32 Å². The van der Waals surface area contributed by atoms with Crippen LogP contribution in [0.25, 0.3) is 34.2 Å². The quantitative estimate of drug-likeness (QED) is 0.223. The molecule has 0 unspecified atom stereocenters. The fourth-order valence-corrected chi connectivity index (χ4v) is 4.93. The summed E-state index contributed by atoms with van der Waals surface area (Å²) in [6, 6.07) is 22.3. The van der Waals surface area contributed by atoms with Crippen LogP contribution in [0.5, 0.6) is 0 Å². The number of esters is 1. The van der Waals surface area contributed by atoms with Gasteiger partial charge in [-0.3, -0.25) is 4.40 Å². The van der Waals surface area contributed by atoms with Crippen LogP contribution in [0.15, 0.2) is 79.0 Å². The molecule has 0 saturated heterocycles. The molecule has 5 rings (SSSR count). The Labute approximate surface area is 228 Å². The van der Waals surface area contributed by atoms with Crippen LogP contribution in [-0.2, 0) is 19.8 Å². The molecule has 0 spiro atoms. The van der Waals surface area contributed by atoms with Crippen molar-refractivity contribution in [2.24, 2.45) is 0 Å². The van der Waals surface area contributed by atoms with Crippen molar-refractivity contribution < 1.29 is 19.1 Å². The minimum absolute atomic E-state index is 0.393. The second kappa shape index (κ2) is 10.4. The Bertz CT molecular complexity index is 1530. The summed E-state index contributed by atoms with van der Waals surface area (Å²) >= 11 is 0. The van der Waals surface area contributed by atoms with Gasteiger partial charge in [-0.25, -0.2) is 14.6 Å². The van der Waals surface area contributed by atoms with E-state index in [4.69, 9.17) is 14.5 Å². The van der Waals surface area contributed by atoms with Gasteiger partial charge in [0.15, 0.2) is 0 Å². The Morgan fingerprint density at radius 3 is 2.33 bits per heavy atom. The van der Waals surface area contributed by atoms with E-state index in [1.807, 2.05) is 57.3 Å². The van der Waals surface area contributed by atoms with Gasteiger partial charge in [-0.05, 0) is 69.4 Å². The van der Waals surface area contributed by atoms with Crippen LogP contribution in [0.3, 0.4) is 0 Å². The first kappa shape index (κ1) is 26.2. The molecule has 1 N–H and O–H groups in total. The molecule has 7 heteroatoms. The summed E-state index contributed by atoms with van der Waals surface area (Å²) in [5, 5.41) is 3.13. The van der Waals surface area contributed by atoms with Crippen molar-refractivity contribution in [1.29, 1.82) is 0 Å². The van der Waals surface area contributed by atoms with E-state index in [0.717, 1.165) is 58.6 Å². The highest BCUT2D eigenvalue weighted by Gasteiger charge is 2.41. The van der Waals surface area contributed by atoms with Gasteiger partial charge in [-0.1, -0.05) is 54.6 Å². The van der Waals surface area contributed by atoms with E-state index in [9.17, 15) is 9.59 Å². The molecule has 1 aliphatic carbocycles. The minimum atomic E-state index is -0.551. The topological polar surface area (TPSA) is 81.9 Å². The molecule has 39 heavy (non-hydrogen) atoms. The van der Waals surface area contributed by atoms with Crippen molar-refractivity contribution in [2.45, 2.75) is 51.2 Å². The number of hydrogen-bond acceptors (Lipinski definition) is 5. The molecule has 1 amide bonds. The number of methoxy groups -OCH3 is 1. The number of pyridine rings is 1. The Balaban J connectivity index is 1.52. The third-order valence-corrected chi connectivity index (χ3v) is 6.97. The fourth-order valence-electron chi connectivity index (χ4n) is 4.93. The lowest BCUT2D eigenvalue weighted by atomic mass is 9.71. The first-order valence-electron chi connectivity index (χ1n) is 13.1. The molecule has 1 aliphatic rings. The number of imidazole rings is 1. The van der Waals surface area contributed by atoms with E-state index in [1.54, 1.807) is 6.08 Å². The molecule has 0 aliphatic heterocycles. The third-order valence-electron chi connectivity index (χ3n) is 6.97. The number of nitrogens with one attached hydrogen (secondary N) is 1. The van der Waals surface area contributed by atoms with Crippen LogP contribution >= 0.6 is 0 Å². The summed E-state index contributed by atoms with van der Waals surface area (Å²) in [6.45, 7) is 5.60. The fraction of sp³-hybridized carbons (Fsp3) is 0.281. The summed E-state index contributed by atoms with van der Waals surface area (Å²) in [4.78, 5) is 29.1. The molecule has 2 aromatic heterocycles. The zero-order chi connectivity index (χ0) is 27.6. The Hall–Kier alpha value is -4.39. The zero-order valence-electron chi connectivity index (χ0n) is 22.7. The van der Waals surface area contributed by atoms with Crippen LogP contribution in [0.1, 0.15) is 51.2 Å². The van der Waals surface area contributed by atoms with Crippen molar-refractivity contribution in [3.8, 4) is 22.5 Å². The SMILES string of the molecule is COC(=O)C=Cc1ccn2c(-c3ccccc3)c(-c3ccc(C4(NC(=O)OC(C)(C)C)CCC4)cc3)nc2c1. The molecule has 4 aromatic rings. The van der Waals surface area contributed by atoms with Crippen LogP contribution in [0.2, 0.25) is 0 Å². The molecule has 0 atom stereocenters. The molecule has 0 bridgehead atoms. The number of fused-ring (bicyclic) bond motifs is 1. The van der Waals surface area contributed by atoms with Crippen LogP contribution in [0, 0.1) is 0 Å². The summed E-state index contributed by atoms with van der Waals surface area (Å²) in [7, 11) is 1.36. The lowest BCUT2D eigenvalue weighted by Gasteiger charge is -2.43. The van der Waals surface area contributed by atoms with Gasteiger partial charge in [-0.2, -0.15) is 0 Å². The van der Waals surface area contributed by atoms with Crippen molar-refractivity contribution in [3.63, 3.8) is 0 Å². The monoisotopic (exact) mass is 523 g/mol. The first-order chi connectivity index (χ1) is 18.7. The Morgan fingerprint density at radius 1 is 1.00 bits per heavy atom. The van der Waals surface area contributed by atoms with E-state index >= 15 is 0 Å². The number of carbonyl (C=O) groups is 2. The molecule has 2 aromatic carbocycles. The summed E-state index contributed by atoms with van der Waals surface area (Å²) < 4.78 is 12.3. The number of amides is 1. The predicted molar refractivity (Wildman–Crippen MR) is 152 cm³/mol. The van der Waals surface area contributed by atoms with Crippen molar-refractivity contribution in [1.82, 2.24) is 14.7 Å². The van der Waals surface area contributed by atoms with Gasteiger partial charge in [0.25, 0.3) is 0 Å². The molecule has 1 saturated carbocycles. The smallest absolute Gasteiger partial charge is 0.408 e.